The van der Waals surface area contributed by atoms with Crippen molar-refractivity contribution in [1.82, 2.24) is 15.6 Å². The summed E-state index contributed by atoms with van der Waals surface area (Å²) in [5.41, 5.74) is 3.96. The number of aliphatic hydroxyl groups is 1. The maximum Gasteiger partial charge on any atom is 0.148 e. The smallest absolute Gasteiger partial charge is 0.148 e. The Bertz CT molecular complexity index is 774. The van der Waals surface area contributed by atoms with Gasteiger partial charge in [0.25, 0.3) is 0 Å². The fourth-order valence-electron chi connectivity index (χ4n) is 2.85. The van der Waals surface area contributed by atoms with Crippen molar-refractivity contribution in [3.05, 3.63) is 29.1 Å². The van der Waals surface area contributed by atoms with Gasteiger partial charge in [-0.2, -0.15) is 0 Å². The number of aliphatic imine (C=N–C) groups is 2. The Morgan fingerprint density at radius 3 is 2.47 bits per heavy atom. The van der Waals surface area contributed by atoms with Crippen molar-refractivity contribution < 1.29 is 9.90 Å². The van der Waals surface area contributed by atoms with Gasteiger partial charge in [0.2, 0.25) is 0 Å². The number of aryl methyl sites for hydroxylation is 1. The van der Waals surface area contributed by atoms with Crippen molar-refractivity contribution in [3.63, 3.8) is 0 Å². The van der Waals surface area contributed by atoms with Crippen molar-refractivity contribution in [2.24, 2.45) is 15.9 Å². The summed E-state index contributed by atoms with van der Waals surface area (Å²) in [7, 11) is 3.69. The number of aldehydes is 1. The molecule has 3 unspecified atom stereocenters. The van der Waals surface area contributed by atoms with Crippen LogP contribution in [0.3, 0.4) is 0 Å². The topological polar surface area (TPSA) is 99.0 Å². The summed E-state index contributed by atoms with van der Waals surface area (Å²) in [6, 6.07) is 2.02. The zero-order valence-electron chi connectivity index (χ0n) is 20.9. The summed E-state index contributed by atoms with van der Waals surface area (Å²) in [4.78, 5) is 24.6. The summed E-state index contributed by atoms with van der Waals surface area (Å²) < 4.78 is 0. The van der Waals surface area contributed by atoms with E-state index in [1.807, 2.05) is 33.9 Å². The Morgan fingerprint density at radius 2 is 2.00 bits per heavy atom. The van der Waals surface area contributed by atoms with Gasteiger partial charge in [-0.25, -0.2) is 0 Å². The minimum Gasteiger partial charge on any atom is -0.385 e. The summed E-state index contributed by atoms with van der Waals surface area (Å²) >= 11 is 1.68. The third-order valence-corrected chi connectivity index (χ3v) is 5.97. The predicted molar refractivity (Wildman–Crippen MR) is 139 cm³/mol. The zero-order chi connectivity index (χ0) is 24.7. The lowest BCUT2D eigenvalue weighted by atomic mass is 9.97. The van der Waals surface area contributed by atoms with E-state index < -0.39 is 6.10 Å². The SMILES string of the molecule is C=Nc1c(SCC(C(=NC)NC(C)CC(C)C(O)C=O)=C(C)C)ccnc1C.CCNC. The Morgan fingerprint density at radius 1 is 1.38 bits per heavy atom. The molecule has 0 saturated heterocycles. The Labute approximate surface area is 198 Å². The number of carbonyl (C=O) groups excluding carboxylic acids is 1. The second kappa shape index (κ2) is 16.6. The van der Waals surface area contributed by atoms with Crippen LogP contribution in [0.25, 0.3) is 0 Å². The molecule has 0 radical (unpaired) electrons. The van der Waals surface area contributed by atoms with Crippen LogP contribution in [0.4, 0.5) is 5.69 Å². The molecule has 1 rings (SSSR count). The van der Waals surface area contributed by atoms with Crippen molar-refractivity contribution in [2.45, 2.75) is 65.0 Å². The van der Waals surface area contributed by atoms with Crippen LogP contribution in [0.5, 0.6) is 0 Å². The predicted octanol–water partition coefficient (Wildman–Crippen LogP) is 3.97. The highest BCUT2D eigenvalue weighted by atomic mass is 32.2. The number of thioether (sulfide) groups is 1. The summed E-state index contributed by atoms with van der Waals surface area (Å²) in [6.07, 6.45) is 2.09. The van der Waals surface area contributed by atoms with Gasteiger partial charge in [-0.05, 0) is 66.4 Å². The number of nitrogens with one attached hydrogen (secondary N) is 2. The fraction of sp³-hybridized carbons (Fsp3) is 0.583. The Kier molecular flexibility index (Phi) is 15.5. The molecule has 0 aliphatic carbocycles. The quantitative estimate of drug-likeness (QED) is 0.199. The molecule has 3 atom stereocenters. The van der Waals surface area contributed by atoms with Crippen molar-refractivity contribution in [2.75, 3.05) is 26.4 Å². The van der Waals surface area contributed by atoms with Crippen LogP contribution in [0.2, 0.25) is 0 Å². The Hall–Kier alpha value is -2.03. The molecule has 32 heavy (non-hydrogen) atoms. The molecule has 7 nitrogen and oxygen atoms in total. The lowest BCUT2D eigenvalue weighted by Gasteiger charge is -2.23. The zero-order valence-corrected chi connectivity index (χ0v) is 21.7. The highest BCUT2D eigenvalue weighted by Crippen LogP contribution is 2.32. The first-order chi connectivity index (χ1) is 15.2. The summed E-state index contributed by atoms with van der Waals surface area (Å²) in [5, 5.41) is 16.1. The van der Waals surface area contributed by atoms with Gasteiger partial charge >= 0.3 is 0 Å². The van der Waals surface area contributed by atoms with Gasteiger partial charge in [-0.1, -0.05) is 19.4 Å². The summed E-state index contributed by atoms with van der Waals surface area (Å²) in [6.45, 7) is 16.7. The van der Waals surface area contributed by atoms with Gasteiger partial charge in [-0.15, -0.1) is 11.8 Å². The number of aromatic nitrogens is 1. The van der Waals surface area contributed by atoms with Gasteiger partial charge in [0.05, 0.1) is 11.4 Å². The fourth-order valence-corrected chi connectivity index (χ4v) is 4.08. The molecule has 1 aromatic rings. The molecule has 0 amide bonds. The van der Waals surface area contributed by atoms with E-state index in [9.17, 15) is 9.90 Å². The van der Waals surface area contributed by atoms with E-state index >= 15 is 0 Å². The molecule has 8 heteroatoms. The highest BCUT2D eigenvalue weighted by molar-refractivity contribution is 7.99. The van der Waals surface area contributed by atoms with E-state index in [-0.39, 0.29) is 12.0 Å². The molecule has 3 N–H and O–H groups in total. The van der Waals surface area contributed by atoms with E-state index in [2.05, 4.69) is 53.1 Å². The van der Waals surface area contributed by atoms with Crippen LogP contribution < -0.4 is 10.6 Å². The minimum atomic E-state index is -0.940. The van der Waals surface area contributed by atoms with Crippen LogP contribution in [0.1, 0.15) is 46.7 Å². The van der Waals surface area contributed by atoms with Crippen molar-refractivity contribution in [1.29, 1.82) is 0 Å². The average molecular weight is 464 g/mol. The normalized spacial score (nSPS) is 13.8. The first-order valence-electron chi connectivity index (χ1n) is 10.9. The number of pyridine rings is 1. The highest BCUT2D eigenvalue weighted by Gasteiger charge is 2.19. The molecule has 0 aliphatic heterocycles. The molecule has 0 aromatic carbocycles. The molecule has 0 bridgehead atoms. The number of aliphatic hydroxyl groups excluding tert-OH is 1. The minimum absolute atomic E-state index is 0.0659. The largest absolute Gasteiger partial charge is 0.385 e. The van der Waals surface area contributed by atoms with E-state index in [1.165, 1.54) is 5.57 Å². The van der Waals surface area contributed by atoms with Crippen LogP contribution >= 0.6 is 11.8 Å². The monoisotopic (exact) mass is 463 g/mol. The van der Waals surface area contributed by atoms with Crippen molar-refractivity contribution in [3.8, 4) is 0 Å². The number of hydrogen-bond donors (Lipinski definition) is 3. The van der Waals surface area contributed by atoms with E-state index in [4.69, 9.17) is 0 Å². The first kappa shape index (κ1) is 30.0. The number of hydrogen-bond acceptors (Lipinski definition) is 7. The average Bonchev–Trinajstić information content (AvgIpc) is 2.77. The maximum absolute atomic E-state index is 10.8. The number of amidine groups is 1. The second-order valence-corrected chi connectivity index (χ2v) is 8.85. The van der Waals surface area contributed by atoms with Gasteiger partial charge in [-0.3, -0.25) is 15.0 Å². The molecule has 1 aromatic heterocycles. The third-order valence-electron chi connectivity index (χ3n) is 4.90. The molecule has 0 fully saturated rings. The number of nitrogens with zero attached hydrogens (tertiary/aromatic N) is 3. The molecule has 0 spiro atoms. The molecular weight excluding hydrogens is 422 g/mol. The molecule has 0 saturated carbocycles. The van der Waals surface area contributed by atoms with Gasteiger partial charge < -0.3 is 20.5 Å². The standard InChI is InChI=1S/C21H32N4O2S.C3H9N/c1-13(2)17(12-28-19-8-9-24-16(5)20(19)22-6)21(23-7)25-15(4)10-14(3)18(27)11-26;1-3-4-2/h8-9,11,14-15,18,27H,6,10,12H2,1-5,7H3,(H,23,25);4H,3H2,1-2H3. The third kappa shape index (κ3) is 10.5. The number of allylic oxidation sites excluding steroid dienone is 1. The molecule has 180 valence electrons. The van der Waals surface area contributed by atoms with Crippen LogP contribution in [-0.2, 0) is 4.79 Å². The van der Waals surface area contributed by atoms with Crippen molar-refractivity contribution >= 4 is 36.3 Å². The van der Waals surface area contributed by atoms with Crippen LogP contribution in [-0.4, -0.2) is 67.5 Å². The lowest BCUT2D eigenvalue weighted by molar-refractivity contribution is -0.117. The van der Waals surface area contributed by atoms with Gasteiger partial charge in [0.1, 0.15) is 18.2 Å². The van der Waals surface area contributed by atoms with Gasteiger partial charge in [0, 0.05) is 35.5 Å². The van der Waals surface area contributed by atoms with E-state index in [0.717, 1.165) is 40.0 Å². The summed E-state index contributed by atoms with van der Waals surface area (Å²) in [5.74, 6) is 1.43. The number of rotatable bonds is 11. The van der Waals surface area contributed by atoms with Gasteiger partial charge in [0.15, 0.2) is 0 Å². The number of carbonyl (C=O) groups is 1. The van der Waals surface area contributed by atoms with E-state index in [1.54, 1.807) is 25.0 Å². The van der Waals surface area contributed by atoms with Crippen LogP contribution in [0, 0.1) is 12.8 Å². The molecule has 0 aliphatic rings. The lowest BCUT2D eigenvalue weighted by Crippen LogP contribution is -2.37. The second-order valence-electron chi connectivity index (χ2n) is 7.83. The molecule has 1 heterocycles. The Balaban J connectivity index is 0.00000220. The molecular formula is C24H41N5O2S. The first-order valence-corrected chi connectivity index (χ1v) is 11.9. The maximum atomic E-state index is 10.8. The van der Waals surface area contributed by atoms with Crippen LogP contribution in [0.15, 0.2) is 38.3 Å². The van der Waals surface area contributed by atoms with E-state index in [0.29, 0.717) is 12.7 Å².